The second-order valence-corrected chi connectivity index (χ2v) is 5.51. The number of thioether (sulfide) groups is 1. The summed E-state index contributed by atoms with van der Waals surface area (Å²) in [6.45, 7) is 0. The Hall–Kier alpha value is -2.07. The number of fused-ring (bicyclic) bond motifs is 1. The number of benzene rings is 2. The van der Waals surface area contributed by atoms with Crippen LogP contribution in [0.5, 0.6) is 0 Å². The van der Waals surface area contributed by atoms with E-state index in [1.807, 2.05) is 54.6 Å². The van der Waals surface area contributed by atoms with Crippen LogP contribution in [0, 0.1) is 0 Å². The SMILES string of the molecule is O=C(CSc1nc2ccccc2[nH]1)Cc1ccccc1. The Bertz CT molecular complexity index is 688. The van der Waals surface area contributed by atoms with Crippen molar-refractivity contribution in [3.8, 4) is 0 Å². The molecule has 0 fully saturated rings. The summed E-state index contributed by atoms with van der Waals surface area (Å²) in [6, 6.07) is 17.7. The molecule has 1 aromatic heterocycles. The molecule has 0 amide bonds. The number of aromatic nitrogens is 2. The molecule has 3 aromatic rings. The Morgan fingerprint density at radius 3 is 2.60 bits per heavy atom. The molecule has 0 atom stereocenters. The molecule has 0 saturated heterocycles. The maximum absolute atomic E-state index is 11.9. The van der Waals surface area contributed by atoms with Crippen molar-refractivity contribution in [2.45, 2.75) is 11.6 Å². The van der Waals surface area contributed by atoms with Crippen LogP contribution in [0.4, 0.5) is 0 Å². The number of imidazole rings is 1. The van der Waals surface area contributed by atoms with Gasteiger partial charge < -0.3 is 4.98 Å². The van der Waals surface area contributed by atoms with E-state index in [1.165, 1.54) is 11.8 Å². The molecule has 100 valence electrons. The van der Waals surface area contributed by atoms with Crippen molar-refractivity contribution in [3.05, 3.63) is 60.2 Å². The lowest BCUT2D eigenvalue weighted by molar-refractivity contribution is -0.116. The second kappa shape index (κ2) is 5.92. The molecule has 0 aliphatic carbocycles. The van der Waals surface area contributed by atoms with E-state index < -0.39 is 0 Å². The summed E-state index contributed by atoms with van der Waals surface area (Å²) < 4.78 is 0. The lowest BCUT2D eigenvalue weighted by atomic mass is 10.1. The minimum atomic E-state index is 0.210. The van der Waals surface area contributed by atoms with E-state index >= 15 is 0 Å². The van der Waals surface area contributed by atoms with Gasteiger partial charge in [0.2, 0.25) is 0 Å². The summed E-state index contributed by atoms with van der Waals surface area (Å²) in [6.07, 6.45) is 0.480. The number of Topliss-reactive ketones (excluding diaryl/α,β-unsaturated/α-hetero) is 1. The molecule has 4 heteroatoms. The van der Waals surface area contributed by atoms with E-state index in [-0.39, 0.29) is 5.78 Å². The minimum absolute atomic E-state index is 0.210. The van der Waals surface area contributed by atoms with Gasteiger partial charge in [-0.15, -0.1) is 0 Å². The first kappa shape index (κ1) is 12.9. The van der Waals surface area contributed by atoms with E-state index in [1.54, 1.807) is 0 Å². The van der Waals surface area contributed by atoms with Crippen molar-refractivity contribution in [2.24, 2.45) is 0 Å². The normalized spacial score (nSPS) is 10.8. The van der Waals surface area contributed by atoms with Crippen LogP contribution < -0.4 is 0 Å². The smallest absolute Gasteiger partial charge is 0.166 e. The fourth-order valence-electron chi connectivity index (χ4n) is 2.02. The van der Waals surface area contributed by atoms with Gasteiger partial charge >= 0.3 is 0 Å². The second-order valence-electron chi connectivity index (χ2n) is 4.55. The summed E-state index contributed by atoms with van der Waals surface area (Å²) in [5.74, 6) is 0.649. The first-order valence-electron chi connectivity index (χ1n) is 6.44. The molecule has 0 unspecified atom stereocenters. The summed E-state index contributed by atoms with van der Waals surface area (Å²) >= 11 is 1.46. The molecule has 20 heavy (non-hydrogen) atoms. The first-order chi connectivity index (χ1) is 9.81. The quantitative estimate of drug-likeness (QED) is 0.729. The van der Waals surface area contributed by atoms with Crippen LogP contribution in [0.2, 0.25) is 0 Å². The first-order valence-corrected chi connectivity index (χ1v) is 7.43. The van der Waals surface area contributed by atoms with Gasteiger partial charge in [-0.3, -0.25) is 4.79 Å². The maximum Gasteiger partial charge on any atom is 0.166 e. The molecular weight excluding hydrogens is 268 g/mol. The van der Waals surface area contributed by atoms with Crippen molar-refractivity contribution in [1.82, 2.24) is 9.97 Å². The average molecular weight is 282 g/mol. The minimum Gasteiger partial charge on any atom is -0.333 e. The fourth-order valence-corrected chi connectivity index (χ4v) is 2.77. The predicted molar refractivity (Wildman–Crippen MR) is 82.0 cm³/mol. The Morgan fingerprint density at radius 1 is 1.05 bits per heavy atom. The molecule has 3 nitrogen and oxygen atoms in total. The fraction of sp³-hybridized carbons (Fsp3) is 0.125. The van der Waals surface area contributed by atoms with Gasteiger partial charge in [-0.2, -0.15) is 0 Å². The third-order valence-electron chi connectivity index (χ3n) is 2.98. The largest absolute Gasteiger partial charge is 0.333 e. The van der Waals surface area contributed by atoms with Gasteiger partial charge in [-0.1, -0.05) is 54.2 Å². The van der Waals surface area contributed by atoms with Gasteiger partial charge in [0.25, 0.3) is 0 Å². The van der Waals surface area contributed by atoms with E-state index in [2.05, 4.69) is 9.97 Å². The highest BCUT2D eigenvalue weighted by Gasteiger charge is 2.07. The number of carbonyl (C=O) groups excluding carboxylic acids is 1. The number of H-pyrrole nitrogens is 1. The van der Waals surface area contributed by atoms with Crippen molar-refractivity contribution >= 4 is 28.6 Å². The zero-order valence-electron chi connectivity index (χ0n) is 10.9. The van der Waals surface area contributed by atoms with Crippen LogP contribution in [0.25, 0.3) is 11.0 Å². The predicted octanol–water partition coefficient (Wildman–Crippen LogP) is 3.47. The topological polar surface area (TPSA) is 45.8 Å². The maximum atomic E-state index is 11.9. The molecule has 1 heterocycles. The molecule has 0 aliphatic heterocycles. The van der Waals surface area contributed by atoms with Gasteiger partial charge in [0.05, 0.1) is 16.8 Å². The molecule has 0 bridgehead atoms. The van der Waals surface area contributed by atoms with Crippen LogP contribution in [-0.4, -0.2) is 21.5 Å². The summed E-state index contributed by atoms with van der Waals surface area (Å²) in [7, 11) is 0. The third kappa shape index (κ3) is 3.08. The number of para-hydroxylation sites is 2. The summed E-state index contributed by atoms with van der Waals surface area (Å²) in [5.41, 5.74) is 3.00. The van der Waals surface area contributed by atoms with Crippen LogP contribution in [0.3, 0.4) is 0 Å². The van der Waals surface area contributed by atoms with Gasteiger partial charge in [0, 0.05) is 6.42 Å². The average Bonchev–Trinajstić information content (AvgIpc) is 2.89. The standard InChI is InChI=1S/C16H14N2OS/c19-13(10-12-6-2-1-3-7-12)11-20-16-17-14-8-4-5-9-15(14)18-16/h1-9H,10-11H2,(H,17,18). The molecule has 0 aliphatic rings. The Morgan fingerprint density at radius 2 is 1.80 bits per heavy atom. The lowest BCUT2D eigenvalue weighted by Crippen LogP contribution is -2.05. The van der Waals surface area contributed by atoms with E-state index in [9.17, 15) is 4.79 Å². The number of carbonyl (C=O) groups is 1. The summed E-state index contributed by atoms with van der Waals surface area (Å²) in [4.78, 5) is 19.6. The number of aromatic amines is 1. The molecule has 0 saturated carbocycles. The zero-order chi connectivity index (χ0) is 13.8. The molecule has 0 radical (unpaired) electrons. The van der Waals surface area contributed by atoms with Crippen LogP contribution >= 0.6 is 11.8 Å². The van der Waals surface area contributed by atoms with E-state index in [0.717, 1.165) is 21.8 Å². The van der Waals surface area contributed by atoms with Gasteiger partial charge in [0.1, 0.15) is 5.78 Å². The number of nitrogens with one attached hydrogen (secondary N) is 1. The number of nitrogens with zero attached hydrogens (tertiary/aromatic N) is 1. The van der Waals surface area contributed by atoms with Crippen molar-refractivity contribution < 1.29 is 4.79 Å². The van der Waals surface area contributed by atoms with Crippen LogP contribution in [0.1, 0.15) is 5.56 Å². The summed E-state index contributed by atoms with van der Waals surface area (Å²) in [5, 5.41) is 0.799. The highest BCUT2D eigenvalue weighted by atomic mass is 32.2. The lowest BCUT2D eigenvalue weighted by Gasteiger charge is -1.99. The number of ketones is 1. The molecule has 2 aromatic carbocycles. The molecule has 3 rings (SSSR count). The Labute approximate surface area is 121 Å². The van der Waals surface area contributed by atoms with Crippen molar-refractivity contribution in [1.29, 1.82) is 0 Å². The van der Waals surface area contributed by atoms with Crippen LogP contribution in [-0.2, 0) is 11.2 Å². The number of hydrogen-bond donors (Lipinski definition) is 1. The monoisotopic (exact) mass is 282 g/mol. The Balaban J connectivity index is 1.60. The van der Waals surface area contributed by atoms with Gasteiger partial charge in [-0.05, 0) is 17.7 Å². The Kier molecular flexibility index (Phi) is 3.83. The molecule has 1 N–H and O–H groups in total. The van der Waals surface area contributed by atoms with Crippen LogP contribution in [0.15, 0.2) is 59.8 Å². The van der Waals surface area contributed by atoms with Crippen molar-refractivity contribution in [2.75, 3.05) is 5.75 Å². The van der Waals surface area contributed by atoms with Gasteiger partial charge in [0.15, 0.2) is 5.16 Å². The highest BCUT2D eigenvalue weighted by molar-refractivity contribution is 7.99. The number of hydrogen-bond acceptors (Lipinski definition) is 3. The van der Waals surface area contributed by atoms with Gasteiger partial charge in [-0.25, -0.2) is 4.98 Å². The van der Waals surface area contributed by atoms with E-state index in [4.69, 9.17) is 0 Å². The number of rotatable bonds is 5. The molecular formula is C16H14N2OS. The zero-order valence-corrected chi connectivity index (χ0v) is 11.7. The third-order valence-corrected chi connectivity index (χ3v) is 3.91. The highest BCUT2D eigenvalue weighted by Crippen LogP contribution is 2.19. The van der Waals surface area contributed by atoms with E-state index in [0.29, 0.717) is 12.2 Å². The molecule has 0 spiro atoms. The van der Waals surface area contributed by atoms with Crippen molar-refractivity contribution in [3.63, 3.8) is 0 Å².